The van der Waals surface area contributed by atoms with Crippen molar-refractivity contribution in [1.29, 1.82) is 0 Å². The van der Waals surface area contributed by atoms with Gasteiger partial charge in [-0.15, -0.1) is 0 Å². The lowest BCUT2D eigenvalue weighted by molar-refractivity contribution is 0.00578. The van der Waals surface area contributed by atoms with E-state index in [0.29, 0.717) is 6.42 Å². The van der Waals surface area contributed by atoms with E-state index < -0.39 is 7.12 Å². The third-order valence-corrected chi connectivity index (χ3v) is 6.42. The quantitative estimate of drug-likeness (QED) is 0.542. The molecule has 0 amide bonds. The third-order valence-electron chi connectivity index (χ3n) is 6.42. The van der Waals surface area contributed by atoms with E-state index in [9.17, 15) is 4.79 Å². The average molecular weight is 392 g/mol. The summed E-state index contributed by atoms with van der Waals surface area (Å²) >= 11 is 0. The molecule has 0 spiro atoms. The van der Waals surface area contributed by atoms with Crippen molar-refractivity contribution in [2.75, 3.05) is 0 Å². The maximum Gasteiger partial charge on any atom is 0.495 e. The summed E-state index contributed by atoms with van der Waals surface area (Å²) in [6, 6.07) is 14.0. The molecule has 2 aromatic rings. The molecule has 29 heavy (non-hydrogen) atoms. The predicted octanol–water partition coefficient (Wildman–Crippen LogP) is 5.02. The van der Waals surface area contributed by atoms with Crippen molar-refractivity contribution in [3.63, 3.8) is 0 Å². The second-order valence-electron chi connectivity index (χ2n) is 10.1. The molecule has 154 valence electrons. The normalized spacial score (nSPS) is 18.1. The van der Waals surface area contributed by atoms with Crippen LogP contribution in [0.25, 0.3) is 0 Å². The molecule has 0 N–H and O–H groups in total. The first-order valence-corrected chi connectivity index (χ1v) is 10.4. The molecule has 1 heterocycles. The Kier molecular flexibility index (Phi) is 5.57. The largest absolute Gasteiger partial charge is 0.495 e. The lowest BCUT2D eigenvalue weighted by Gasteiger charge is -2.32. The van der Waals surface area contributed by atoms with E-state index in [0.717, 1.165) is 22.2 Å². The molecule has 0 unspecified atom stereocenters. The maximum atomic E-state index is 12.9. The highest BCUT2D eigenvalue weighted by atomic mass is 16.7. The van der Waals surface area contributed by atoms with Gasteiger partial charge in [-0.25, -0.2) is 0 Å². The summed E-state index contributed by atoms with van der Waals surface area (Å²) in [4.78, 5) is 12.9. The van der Waals surface area contributed by atoms with Crippen molar-refractivity contribution in [1.82, 2.24) is 0 Å². The number of hydrogen-bond donors (Lipinski definition) is 0. The molecule has 0 aromatic heterocycles. The number of carbonyl (C=O) groups is 1. The van der Waals surface area contributed by atoms with Gasteiger partial charge >= 0.3 is 7.12 Å². The molecule has 2 aromatic carbocycles. The van der Waals surface area contributed by atoms with Crippen molar-refractivity contribution in [2.24, 2.45) is 0 Å². The van der Waals surface area contributed by atoms with Crippen LogP contribution >= 0.6 is 0 Å². The van der Waals surface area contributed by atoms with Crippen LogP contribution in [-0.2, 0) is 21.1 Å². The summed E-state index contributed by atoms with van der Waals surface area (Å²) in [7, 11) is -0.416. The summed E-state index contributed by atoms with van der Waals surface area (Å²) in [5, 5.41) is 0. The Bertz CT molecular complexity index is 889. The Balaban J connectivity index is 1.81. The molecule has 3 rings (SSSR count). The Morgan fingerprint density at radius 1 is 0.931 bits per heavy atom. The van der Waals surface area contributed by atoms with Gasteiger partial charge in [0.15, 0.2) is 5.78 Å². The highest BCUT2D eigenvalue weighted by Crippen LogP contribution is 2.36. The smallest absolute Gasteiger partial charge is 0.399 e. The van der Waals surface area contributed by atoms with Gasteiger partial charge in [-0.05, 0) is 62.2 Å². The zero-order chi connectivity index (χ0) is 21.6. The first-order chi connectivity index (χ1) is 13.3. The van der Waals surface area contributed by atoms with Crippen molar-refractivity contribution < 1.29 is 14.1 Å². The van der Waals surface area contributed by atoms with E-state index in [1.807, 2.05) is 37.3 Å². The van der Waals surface area contributed by atoms with Crippen LogP contribution in [0.2, 0.25) is 0 Å². The van der Waals surface area contributed by atoms with Gasteiger partial charge in [-0.2, -0.15) is 0 Å². The Morgan fingerprint density at radius 3 is 2.00 bits per heavy atom. The number of benzene rings is 2. The molecule has 1 aliphatic heterocycles. The fraction of sp³-hybridized carbons (Fsp3) is 0.480. The van der Waals surface area contributed by atoms with Gasteiger partial charge in [0.05, 0.1) is 11.2 Å². The van der Waals surface area contributed by atoms with Crippen LogP contribution in [0.15, 0.2) is 42.5 Å². The number of carbonyl (C=O) groups excluding carboxylic acids is 1. The fourth-order valence-corrected chi connectivity index (χ4v) is 3.55. The Labute approximate surface area is 176 Å². The first kappa shape index (κ1) is 21.8. The van der Waals surface area contributed by atoms with E-state index in [4.69, 9.17) is 9.31 Å². The fourth-order valence-electron chi connectivity index (χ4n) is 3.55. The highest BCUT2D eigenvalue weighted by Gasteiger charge is 2.52. The number of hydrogen-bond acceptors (Lipinski definition) is 3. The lowest BCUT2D eigenvalue weighted by Crippen LogP contribution is -2.41. The molecule has 1 saturated heterocycles. The Hall–Kier alpha value is -1.91. The van der Waals surface area contributed by atoms with Crippen LogP contribution in [0.5, 0.6) is 0 Å². The van der Waals surface area contributed by atoms with Crippen molar-refractivity contribution >= 4 is 18.4 Å². The summed E-state index contributed by atoms with van der Waals surface area (Å²) in [6.45, 7) is 16.8. The van der Waals surface area contributed by atoms with E-state index in [2.05, 4.69) is 60.6 Å². The summed E-state index contributed by atoms with van der Waals surface area (Å²) in [6.07, 6.45) is 0.369. The second-order valence-corrected chi connectivity index (χ2v) is 10.1. The molecule has 0 bridgehead atoms. The second kappa shape index (κ2) is 7.41. The minimum Gasteiger partial charge on any atom is -0.399 e. The Morgan fingerprint density at radius 2 is 1.48 bits per heavy atom. The lowest BCUT2D eigenvalue weighted by atomic mass is 9.74. The predicted molar refractivity (Wildman–Crippen MR) is 120 cm³/mol. The topological polar surface area (TPSA) is 35.5 Å². The van der Waals surface area contributed by atoms with Gasteiger partial charge in [0.1, 0.15) is 0 Å². The van der Waals surface area contributed by atoms with E-state index in [-0.39, 0.29) is 22.4 Å². The van der Waals surface area contributed by atoms with Crippen LogP contribution in [0.4, 0.5) is 0 Å². The van der Waals surface area contributed by atoms with Crippen molar-refractivity contribution in [3.8, 4) is 0 Å². The minimum atomic E-state index is -0.416. The number of ketones is 1. The number of rotatable bonds is 4. The number of Topliss-reactive ketones (excluding diaryl/α,β-unsaturated/α-hetero) is 1. The summed E-state index contributed by atoms with van der Waals surface area (Å²) in [5.41, 5.74) is 4.36. The molecular formula is C25H33BO3. The van der Waals surface area contributed by atoms with Crippen LogP contribution in [0.3, 0.4) is 0 Å². The summed E-state index contributed by atoms with van der Waals surface area (Å²) in [5.74, 6) is 0.125. The van der Waals surface area contributed by atoms with Crippen LogP contribution in [-0.4, -0.2) is 24.1 Å². The first-order valence-electron chi connectivity index (χ1n) is 10.4. The molecule has 1 aliphatic rings. The third kappa shape index (κ3) is 4.34. The van der Waals surface area contributed by atoms with E-state index >= 15 is 0 Å². The van der Waals surface area contributed by atoms with Gasteiger partial charge in [-0.3, -0.25) is 4.79 Å². The monoisotopic (exact) mass is 392 g/mol. The van der Waals surface area contributed by atoms with Gasteiger partial charge in [0.25, 0.3) is 0 Å². The van der Waals surface area contributed by atoms with Gasteiger partial charge in [-0.1, -0.05) is 63.2 Å². The van der Waals surface area contributed by atoms with Crippen LogP contribution in [0, 0.1) is 6.92 Å². The summed E-state index contributed by atoms with van der Waals surface area (Å²) < 4.78 is 12.4. The van der Waals surface area contributed by atoms with Crippen molar-refractivity contribution in [3.05, 3.63) is 64.7 Å². The molecular weight excluding hydrogens is 359 g/mol. The van der Waals surface area contributed by atoms with E-state index in [1.54, 1.807) is 0 Å². The minimum absolute atomic E-state index is 0.0787. The molecule has 0 aliphatic carbocycles. The van der Waals surface area contributed by atoms with Crippen molar-refractivity contribution in [2.45, 2.75) is 78.4 Å². The molecule has 0 atom stereocenters. The van der Waals surface area contributed by atoms with Crippen LogP contribution in [0.1, 0.15) is 75.5 Å². The zero-order valence-electron chi connectivity index (χ0n) is 19.1. The molecule has 0 radical (unpaired) electrons. The SMILES string of the molecule is Cc1c(CC(=O)c2ccc(C(C)(C)C)cc2)cccc1B1OC(C)(C)C(C)(C)O1. The molecule has 4 heteroatoms. The van der Waals surface area contributed by atoms with Crippen LogP contribution < -0.4 is 5.46 Å². The molecule has 0 saturated carbocycles. The van der Waals surface area contributed by atoms with Gasteiger partial charge in [0, 0.05) is 12.0 Å². The average Bonchev–Trinajstić information content (AvgIpc) is 2.83. The maximum absolute atomic E-state index is 12.9. The standard InChI is InChI=1S/C25H33BO3/c1-17-19(16-22(27)18-12-14-20(15-13-18)23(2,3)4)10-9-11-21(17)26-28-24(5,6)25(7,8)29-26/h9-15H,16H2,1-8H3. The van der Waals surface area contributed by atoms with Gasteiger partial charge < -0.3 is 9.31 Å². The zero-order valence-corrected chi connectivity index (χ0v) is 19.1. The highest BCUT2D eigenvalue weighted by molar-refractivity contribution is 6.62. The molecule has 3 nitrogen and oxygen atoms in total. The van der Waals surface area contributed by atoms with E-state index in [1.165, 1.54) is 5.56 Å². The van der Waals surface area contributed by atoms with Gasteiger partial charge in [0.2, 0.25) is 0 Å². The molecule has 1 fully saturated rings.